The van der Waals surface area contributed by atoms with Crippen LogP contribution in [0.1, 0.15) is 13.0 Å². The highest BCUT2D eigenvalue weighted by Crippen LogP contribution is 2.34. The summed E-state index contributed by atoms with van der Waals surface area (Å²) in [5.41, 5.74) is 0.664. The van der Waals surface area contributed by atoms with Crippen LogP contribution in [0.4, 0.5) is 5.69 Å². The number of ether oxygens (including phenoxy) is 1. The molecule has 1 aliphatic rings. The molecule has 120 valence electrons. The highest BCUT2D eigenvalue weighted by atomic mass is 16.5. The van der Waals surface area contributed by atoms with Crippen molar-refractivity contribution in [2.75, 3.05) is 18.5 Å². The minimum absolute atomic E-state index is 0.140. The molecule has 1 N–H and O–H groups in total. The third-order valence-electron chi connectivity index (χ3n) is 3.86. The number of nitrogens with one attached hydrogen (secondary N) is 1. The van der Waals surface area contributed by atoms with Crippen LogP contribution in [-0.2, 0) is 9.59 Å². The van der Waals surface area contributed by atoms with E-state index in [0.717, 1.165) is 0 Å². The van der Waals surface area contributed by atoms with E-state index in [0.29, 0.717) is 11.4 Å². The molecule has 2 aromatic rings. The monoisotopic (exact) mass is 314 g/mol. The summed E-state index contributed by atoms with van der Waals surface area (Å²) in [4.78, 5) is 26.4. The number of carbonyl (C=O) groups is 2. The van der Waals surface area contributed by atoms with Crippen LogP contribution in [0.15, 0.2) is 42.7 Å². The van der Waals surface area contributed by atoms with Gasteiger partial charge in [-0.05, 0) is 25.1 Å². The maximum absolute atomic E-state index is 12.9. The molecule has 23 heavy (non-hydrogen) atoms. The van der Waals surface area contributed by atoms with Gasteiger partial charge in [0.2, 0.25) is 0 Å². The average Bonchev–Trinajstić information content (AvgIpc) is 3.13. The molecule has 0 aliphatic carbocycles. The van der Waals surface area contributed by atoms with Crippen molar-refractivity contribution in [3.8, 4) is 5.75 Å². The minimum atomic E-state index is -0.733. The van der Waals surface area contributed by atoms with Crippen molar-refractivity contribution in [1.29, 1.82) is 0 Å². The summed E-state index contributed by atoms with van der Waals surface area (Å²) in [7, 11) is 1.55. The quantitative estimate of drug-likeness (QED) is 0.916. The lowest BCUT2D eigenvalue weighted by Crippen LogP contribution is -2.51. The van der Waals surface area contributed by atoms with E-state index in [2.05, 4.69) is 10.4 Å². The van der Waals surface area contributed by atoms with Gasteiger partial charge in [0.25, 0.3) is 11.8 Å². The Morgan fingerprint density at radius 3 is 2.83 bits per heavy atom. The van der Waals surface area contributed by atoms with Gasteiger partial charge < -0.3 is 15.0 Å². The van der Waals surface area contributed by atoms with Gasteiger partial charge in [0.1, 0.15) is 11.8 Å². The van der Waals surface area contributed by atoms with Gasteiger partial charge in [-0.15, -0.1) is 0 Å². The molecule has 2 atom stereocenters. The van der Waals surface area contributed by atoms with Crippen LogP contribution in [-0.4, -0.2) is 41.3 Å². The number of hydrogen-bond donors (Lipinski definition) is 1. The van der Waals surface area contributed by atoms with E-state index in [1.807, 2.05) is 18.2 Å². The highest BCUT2D eigenvalue weighted by Gasteiger charge is 2.35. The highest BCUT2D eigenvalue weighted by molar-refractivity contribution is 5.99. The lowest BCUT2D eigenvalue weighted by molar-refractivity contribution is -0.128. The van der Waals surface area contributed by atoms with Gasteiger partial charge in [0.05, 0.1) is 12.2 Å². The Bertz CT molecular complexity index is 714. The molecular formula is C16H18N4O3. The molecular weight excluding hydrogens is 296 g/mol. The summed E-state index contributed by atoms with van der Waals surface area (Å²) >= 11 is 0. The number of amides is 2. The molecule has 0 saturated heterocycles. The Hall–Kier alpha value is -2.83. The van der Waals surface area contributed by atoms with Gasteiger partial charge in [-0.3, -0.25) is 14.3 Å². The van der Waals surface area contributed by atoms with Crippen LogP contribution in [0.3, 0.4) is 0 Å². The van der Waals surface area contributed by atoms with E-state index in [1.54, 1.807) is 48.1 Å². The third kappa shape index (κ3) is 2.77. The molecule has 2 heterocycles. The normalized spacial score (nSPS) is 17.8. The van der Waals surface area contributed by atoms with Crippen molar-refractivity contribution in [1.82, 2.24) is 15.1 Å². The number of anilines is 1. The van der Waals surface area contributed by atoms with Crippen molar-refractivity contribution in [2.24, 2.45) is 0 Å². The molecule has 2 unspecified atom stereocenters. The van der Waals surface area contributed by atoms with Crippen LogP contribution in [0.2, 0.25) is 0 Å². The number of benzene rings is 1. The van der Waals surface area contributed by atoms with E-state index in [1.165, 1.54) is 0 Å². The molecule has 0 radical (unpaired) electrons. The number of para-hydroxylation sites is 2. The Balaban J connectivity index is 1.93. The topological polar surface area (TPSA) is 76.5 Å². The Morgan fingerprint density at radius 1 is 1.35 bits per heavy atom. The molecule has 7 nitrogen and oxygen atoms in total. The Labute approximate surface area is 133 Å². The average molecular weight is 314 g/mol. The fourth-order valence-electron chi connectivity index (χ4n) is 2.59. The smallest absolute Gasteiger partial charge is 0.262 e. The number of aromatic nitrogens is 2. The lowest BCUT2D eigenvalue weighted by atomic mass is 10.1. The fraction of sp³-hybridized carbons (Fsp3) is 0.312. The molecule has 3 rings (SSSR count). The first-order chi connectivity index (χ1) is 11.1. The van der Waals surface area contributed by atoms with Crippen LogP contribution < -0.4 is 15.0 Å². The summed E-state index contributed by atoms with van der Waals surface area (Å²) in [6, 6.07) is 8.50. The third-order valence-corrected chi connectivity index (χ3v) is 3.86. The molecule has 1 aromatic heterocycles. The summed E-state index contributed by atoms with van der Waals surface area (Å²) in [6.45, 7) is 1.95. The minimum Gasteiger partial charge on any atom is -0.477 e. The van der Waals surface area contributed by atoms with Crippen molar-refractivity contribution in [3.63, 3.8) is 0 Å². The van der Waals surface area contributed by atoms with E-state index in [4.69, 9.17) is 4.74 Å². The fourth-order valence-corrected chi connectivity index (χ4v) is 2.59. The summed E-state index contributed by atoms with van der Waals surface area (Å²) in [5, 5.41) is 6.68. The molecule has 2 amide bonds. The number of nitrogens with zero attached hydrogens (tertiary/aromatic N) is 3. The number of fused-ring (bicyclic) bond motifs is 1. The number of rotatable bonds is 3. The number of likely N-dealkylation sites (N-methyl/N-ethyl adjacent to an activating group) is 1. The zero-order valence-electron chi connectivity index (χ0n) is 13.0. The second-order valence-electron chi connectivity index (χ2n) is 5.30. The maximum Gasteiger partial charge on any atom is 0.262 e. The van der Waals surface area contributed by atoms with Crippen LogP contribution in [0.5, 0.6) is 5.75 Å². The summed E-state index contributed by atoms with van der Waals surface area (Å²) in [5.74, 6) is 0.121. The number of carbonyl (C=O) groups excluding carboxylic acids is 2. The first-order valence-electron chi connectivity index (χ1n) is 7.39. The standard InChI is InChI=1S/C16H18N4O3/c1-11(20-9-5-8-18-20)16(22)19-10-14(15(21)17-2)23-13-7-4-3-6-12(13)19/h3-9,11,14H,10H2,1-2H3,(H,17,21). The zero-order chi connectivity index (χ0) is 16.4. The number of hydrogen-bond acceptors (Lipinski definition) is 4. The van der Waals surface area contributed by atoms with Crippen molar-refractivity contribution >= 4 is 17.5 Å². The summed E-state index contributed by atoms with van der Waals surface area (Å²) < 4.78 is 7.30. The van der Waals surface area contributed by atoms with Gasteiger partial charge >= 0.3 is 0 Å². The van der Waals surface area contributed by atoms with Crippen LogP contribution >= 0.6 is 0 Å². The molecule has 1 aliphatic heterocycles. The van der Waals surface area contributed by atoms with Gasteiger partial charge in [0, 0.05) is 19.4 Å². The molecule has 0 fully saturated rings. The maximum atomic E-state index is 12.9. The second kappa shape index (κ2) is 6.12. The molecule has 0 saturated carbocycles. The van der Waals surface area contributed by atoms with Gasteiger partial charge in [0.15, 0.2) is 6.10 Å². The second-order valence-corrected chi connectivity index (χ2v) is 5.30. The predicted octanol–water partition coefficient (Wildman–Crippen LogP) is 0.984. The first-order valence-corrected chi connectivity index (χ1v) is 7.39. The van der Waals surface area contributed by atoms with E-state index in [-0.39, 0.29) is 18.4 Å². The predicted molar refractivity (Wildman–Crippen MR) is 84.2 cm³/mol. The van der Waals surface area contributed by atoms with Gasteiger partial charge in [-0.25, -0.2) is 0 Å². The largest absolute Gasteiger partial charge is 0.477 e. The van der Waals surface area contributed by atoms with E-state index >= 15 is 0 Å². The molecule has 0 spiro atoms. The Morgan fingerprint density at radius 2 is 2.13 bits per heavy atom. The lowest BCUT2D eigenvalue weighted by Gasteiger charge is -2.35. The van der Waals surface area contributed by atoms with Crippen LogP contribution in [0, 0.1) is 0 Å². The molecule has 0 bridgehead atoms. The van der Waals surface area contributed by atoms with Crippen molar-refractivity contribution < 1.29 is 14.3 Å². The van der Waals surface area contributed by atoms with Crippen molar-refractivity contribution in [2.45, 2.75) is 19.1 Å². The van der Waals surface area contributed by atoms with Gasteiger partial charge in [-0.1, -0.05) is 12.1 Å². The Kier molecular flexibility index (Phi) is 4.01. The molecule has 1 aromatic carbocycles. The van der Waals surface area contributed by atoms with Gasteiger partial charge in [-0.2, -0.15) is 5.10 Å². The summed E-state index contributed by atoms with van der Waals surface area (Å²) in [6.07, 6.45) is 2.64. The van der Waals surface area contributed by atoms with E-state index < -0.39 is 12.1 Å². The molecule has 7 heteroatoms. The van der Waals surface area contributed by atoms with E-state index in [9.17, 15) is 9.59 Å². The first kappa shape index (κ1) is 15.1. The van der Waals surface area contributed by atoms with Crippen molar-refractivity contribution in [3.05, 3.63) is 42.7 Å². The van der Waals surface area contributed by atoms with Crippen LogP contribution in [0.25, 0.3) is 0 Å². The zero-order valence-corrected chi connectivity index (χ0v) is 13.0. The SMILES string of the molecule is CNC(=O)C1CN(C(=O)C(C)n2cccn2)c2ccccc2O1.